The van der Waals surface area contributed by atoms with Crippen molar-refractivity contribution in [3.8, 4) is 6.07 Å². The largest absolute Gasteiger partial charge is 0.378 e. The topological polar surface area (TPSA) is 79.6 Å². The first-order valence-electron chi connectivity index (χ1n) is 7.55. The van der Waals surface area contributed by atoms with Gasteiger partial charge in [0.1, 0.15) is 11.7 Å². The van der Waals surface area contributed by atoms with Crippen molar-refractivity contribution in [3.63, 3.8) is 0 Å². The van der Waals surface area contributed by atoms with Gasteiger partial charge in [-0.25, -0.2) is 8.42 Å². The van der Waals surface area contributed by atoms with E-state index in [0.717, 1.165) is 0 Å². The molecule has 6 nitrogen and oxygen atoms in total. The summed E-state index contributed by atoms with van der Waals surface area (Å²) in [6.07, 6.45) is 0.669. The van der Waals surface area contributed by atoms with Gasteiger partial charge in [0.05, 0.1) is 22.7 Å². The Balaban J connectivity index is 2.00. The first-order valence-corrected chi connectivity index (χ1v) is 8.99. The van der Waals surface area contributed by atoms with Gasteiger partial charge in [-0.05, 0) is 26.0 Å². The fourth-order valence-corrected chi connectivity index (χ4v) is 5.15. The Kier molecular flexibility index (Phi) is 3.97. The molecule has 0 bridgehead atoms. The Hall–Kier alpha value is -1.46. The predicted molar refractivity (Wildman–Crippen MR) is 83.2 cm³/mol. The van der Waals surface area contributed by atoms with Gasteiger partial charge in [0.2, 0.25) is 10.0 Å². The molecule has 23 heavy (non-hydrogen) atoms. The summed E-state index contributed by atoms with van der Waals surface area (Å²) in [5.41, 5.74) is -1.05. The summed E-state index contributed by atoms with van der Waals surface area (Å²) in [6, 6.07) is 8.25. The van der Waals surface area contributed by atoms with E-state index >= 15 is 0 Å². The first kappa shape index (κ1) is 16.4. The lowest BCUT2D eigenvalue weighted by Gasteiger charge is -2.47. The summed E-state index contributed by atoms with van der Waals surface area (Å²) in [4.78, 5) is 0.0502. The van der Waals surface area contributed by atoms with Crippen LogP contribution >= 0.6 is 0 Å². The van der Waals surface area contributed by atoms with Gasteiger partial charge in [-0.15, -0.1) is 0 Å². The molecule has 124 valence electrons. The molecule has 7 heteroatoms. The molecule has 1 aromatic rings. The van der Waals surface area contributed by atoms with Crippen LogP contribution in [0.2, 0.25) is 0 Å². The van der Waals surface area contributed by atoms with Crippen LogP contribution in [0.5, 0.6) is 0 Å². The van der Waals surface area contributed by atoms with Gasteiger partial charge in [-0.1, -0.05) is 12.1 Å². The molecule has 1 spiro atoms. The average Bonchev–Trinajstić information content (AvgIpc) is 2.92. The second-order valence-corrected chi connectivity index (χ2v) is 8.63. The van der Waals surface area contributed by atoms with Crippen molar-refractivity contribution in [3.05, 3.63) is 29.8 Å². The van der Waals surface area contributed by atoms with E-state index in [9.17, 15) is 13.7 Å². The molecule has 0 saturated carbocycles. The van der Waals surface area contributed by atoms with Crippen molar-refractivity contribution >= 4 is 10.0 Å². The Morgan fingerprint density at radius 3 is 2.65 bits per heavy atom. The normalized spacial score (nSPS) is 27.9. The third-order valence-electron chi connectivity index (χ3n) is 4.21. The predicted octanol–water partition coefficient (Wildman–Crippen LogP) is 1.52. The van der Waals surface area contributed by atoms with Crippen LogP contribution in [0, 0.1) is 11.3 Å². The van der Waals surface area contributed by atoms with Gasteiger partial charge >= 0.3 is 0 Å². The van der Waals surface area contributed by atoms with E-state index in [1.165, 1.54) is 16.4 Å². The molecule has 0 radical (unpaired) electrons. The Labute approximate surface area is 136 Å². The number of ether oxygens (including phenoxy) is 2. The van der Waals surface area contributed by atoms with Crippen molar-refractivity contribution in [2.45, 2.75) is 36.4 Å². The number of benzene rings is 1. The number of hydrogen-bond donors (Lipinski definition) is 0. The minimum absolute atomic E-state index is 0.0502. The van der Waals surface area contributed by atoms with E-state index in [4.69, 9.17) is 9.47 Å². The van der Waals surface area contributed by atoms with E-state index in [2.05, 4.69) is 0 Å². The Bertz CT molecular complexity index is 746. The molecule has 2 aliphatic rings. The lowest BCUT2D eigenvalue weighted by Crippen LogP contribution is -2.61. The number of rotatable bonds is 2. The van der Waals surface area contributed by atoms with E-state index in [1.807, 2.05) is 19.9 Å². The monoisotopic (exact) mass is 336 g/mol. The third kappa shape index (κ3) is 3.00. The zero-order valence-electron chi connectivity index (χ0n) is 13.3. The highest BCUT2D eigenvalue weighted by atomic mass is 32.2. The molecule has 3 rings (SSSR count). The molecule has 2 aliphatic heterocycles. The Morgan fingerprint density at radius 1 is 1.26 bits per heavy atom. The molecular weight excluding hydrogens is 316 g/mol. The fraction of sp³-hybridized carbons (Fsp3) is 0.562. The Morgan fingerprint density at radius 2 is 2.00 bits per heavy atom. The molecule has 1 atom stereocenters. The minimum atomic E-state index is -3.76. The van der Waals surface area contributed by atoms with Crippen LogP contribution in [-0.2, 0) is 19.5 Å². The maximum Gasteiger partial charge on any atom is 0.244 e. The smallest absolute Gasteiger partial charge is 0.244 e. The van der Waals surface area contributed by atoms with Gasteiger partial charge in [0.15, 0.2) is 0 Å². The van der Waals surface area contributed by atoms with E-state index in [1.54, 1.807) is 12.1 Å². The quantitative estimate of drug-likeness (QED) is 0.818. The molecule has 1 unspecified atom stereocenters. The molecule has 1 aromatic carbocycles. The van der Waals surface area contributed by atoms with Gasteiger partial charge in [-0.2, -0.15) is 9.57 Å². The van der Waals surface area contributed by atoms with Crippen LogP contribution in [0.25, 0.3) is 0 Å². The second kappa shape index (κ2) is 5.56. The molecule has 0 amide bonds. The number of hydrogen-bond acceptors (Lipinski definition) is 5. The van der Waals surface area contributed by atoms with Crippen LogP contribution in [0.4, 0.5) is 0 Å². The molecule has 2 saturated heterocycles. The average molecular weight is 336 g/mol. The van der Waals surface area contributed by atoms with Crippen LogP contribution in [0.3, 0.4) is 0 Å². The van der Waals surface area contributed by atoms with Gasteiger partial charge in [0, 0.05) is 26.1 Å². The number of nitrogens with zero attached hydrogens (tertiary/aromatic N) is 2. The highest BCUT2D eigenvalue weighted by Gasteiger charge is 2.50. The summed E-state index contributed by atoms with van der Waals surface area (Å²) in [6.45, 7) is 5.21. The standard InChI is InChI=1S/C16H20N2O4S/c1-15(2)10-18(11-16(22-15)7-8-21-12-16)23(19,20)14-6-4-3-5-13(14)9-17/h3-6H,7-8,10-12H2,1-2H3. The summed E-state index contributed by atoms with van der Waals surface area (Å²) >= 11 is 0. The zero-order valence-corrected chi connectivity index (χ0v) is 14.1. The van der Waals surface area contributed by atoms with Crippen molar-refractivity contribution in [2.75, 3.05) is 26.3 Å². The fourth-order valence-electron chi connectivity index (χ4n) is 3.34. The van der Waals surface area contributed by atoms with Crippen LogP contribution < -0.4 is 0 Å². The second-order valence-electron chi connectivity index (χ2n) is 6.73. The lowest BCUT2D eigenvalue weighted by atomic mass is 9.97. The van der Waals surface area contributed by atoms with E-state index in [-0.39, 0.29) is 23.5 Å². The van der Waals surface area contributed by atoms with Crippen molar-refractivity contribution in [2.24, 2.45) is 0 Å². The van der Waals surface area contributed by atoms with Crippen LogP contribution in [0.1, 0.15) is 25.8 Å². The maximum atomic E-state index is 13.1. The van der Waals surface area contributed by atoms with E-state index < -0.39 is 21.2 Å². The van der Waals surface area contributed by atoms with Crippen molar-refractivity contribution < 1.29 is 17.9 Å². The number of nitriles is 1. The zero-order chi connectivity index (χ0) is 16.7. The SMILES string of the molecule is CC1(C)CN(S(=O)(=O)c2ccccc2C#N)CC2(CCOC2)O1. The molecular formula is C16H20N2O4S. The lowest BCUT2D eigenvalue weighted by molar-refractivity contribution is -0.180. The minimum Gasteiger partial charge on any atom is -0.378 e. The van der Waals surface area contributed by atoms with Crippen molar-refractivity contribution in [1.82, 2.24) is 4.31 Å². The van der Waals surface area contributed by atoms with Gasteiger partial charge in [0.25, 0.3) is 0 Å². The van der Waals surface area contributed by atoms with Gasteiger partial charge < -0.3 is 9.47 Å². The number of sulfonamides is 1. The third-order valence-corrected chi connectivity index (χ3v) is 6.06. The summed E-state index contributed by atoms with van der Waals surface area (Å²) < 4.78 is 39.2. The number of morpholine rings is 1. The van der Waals surface area contributed by atoms with Crippen LogP contribution in [0.15, 0.2) is 29.2 Å². The highest BCUT2D eigenvalue weighted by Crippen LogP contribution is 2.37. The van der Waals surface area contributed by atoms with Gasteiger partial charge in [-0.3, -0.25) is 0 Å². The molecule has 2 fully saturated rings. The molecule has 0 aromatic heterocycles. The molecule has 0 N–H and O–H groups in total. The van der Waals surface area contributed by atoms with Crippen LogP contribution in [-0.4, -0.2) is 50.2 Å². The van der Waals surface area contributed by atoms with E-state index in [0.29, 0.717) is 19.6 Å². The first-order chi connectivity index (χ1) is 10.8. The summed E-state index contributed by atoms with van der Waals surface area (Å²) in [5, 5.41) is 9.21. The maximum absolute atomic E-state index is 13.1. The summed E-state index contributed by atoms with van der Waals surface area (Å²) in [7, 11) is -3.76. The summed E-state index contributed by atoms with van der Waals surface area (Å²) in [5.74, 6) is 0. The molecule has 2 heterocycles. The highest BCUT2D eigenvalue weighted by molar-refractivity contribution is 7.89. The van der Waals surface area contributed by atoms with Crippen molar-refractivity contribution in [1.29, 1.82) is 5.26 Å². The molecule has 0 aliphatic carbocycles.